The molecule has 1 unspecified atom stereocenters. The van der Waals surface area contributed by atoms with Crippen LogP contribution in [0.3, 0.4) is 0 Å². The topological polar surface area (TPSA) is 129 Å². The molecule has 0 bridgehead atoms. The van der Waals surface area contributed by atoms with Crippen LogP contribution in [0, 0.1) is 5.92 Å². The minimum absolute atomic E-state index is 0.209. The fourth-order valence-electron chi connectivity index (χ4n) is 4.30. The number of imidazole rings is 1. The molecule has 0 radical (unpaired) electrons. The Morgan fingerprint density at radius 2 is 2.12 bits per heavy atom. The maximum atomic E-state index is 11.3. The third kappa shape index (κ3) is 4.54. The smallest absolute Gasteiger partial charge is 0.407 e. The number of aromatic nitrogens is 4. The van der Waals surface area contributed by atoms with Crippen molar-refractivity contribution in [2.24, 2.45) is 5.92 Å². The van der Waals surface area contributed by atoms with Crippen LogP contribution in [0.4, 0.5) is 10.6 Å². The first-order valence-electron chi connectivity index (χ1n) is 10.7. The average Bonchev–Trinajstić information content (AvgIpc) is 3.39. The van der Waals surface area contributed by atoms with Gasteiger partial charge in [-0.2, -0.15) is 0 Å². The molecule has 3 N–H and O–H groups in total. The van der Waals surface area contributed by atoms with Crippen molar-refractivity contribution in [3.8, 4) is 11.5 Å². The molecule has 1 atom stereocenters. The molecule has 1 saturated heterocycles. The lowest BCUT2D eigenvalue weighted by molar-refractivity contribution is 0.117. The number of hydrogen-bond acceptors (Lipinski definition) is 8. The van der Waals surface area contributed by atoms with Gasteiger partial charge in [0, 0.05) is 29.0 Å². The lowest BCUT2D eigenvalue weighted by Gasteiger charge is -2.30. The summed E-state index contributed by atoms with van der Waals surface area (Å²) in [5.74, 6) is 2.11. The molecular formula is C21H23BrN6O4S. The highest BCUT2D eigenvalue weighted by Crippen LogP contribution is 2.43. The Morgan fingerprint density at radius 1 is 1.30 bits per heavy atom. The van der Waals surface area contributed by atoms with Crippen LogP contribution in [0.25, 0.3) is 11.2 Å². The van der Waals surface area contributed by atoms with Crippen molar-refractivity contribution in [1.29, 1.82) is 0 Å². The molecule has 33 heavy (non-hydrogen) atoms. The van der Waals surface area contributed by atoms with Gasteiger partial charge < -0.3 is 29.8 Å². The average molecular weight is 535 g/mol. The molecule has 4 heterocycles. The lowest BCUT2D eigenvalue weighted by atomic mass is 9.93. The second-order valence-electron chi connectivity index (χ2n) is 8.09. The molecule has 1 fully saturated rings. The van der Waals surface area contributed by atoms with Crippen LogP contribution in [0.5, 0.6) is 11.5 Å². The van der Waals surface area contributed by atoms with Gasteiger partial charge in [-0.05, 0) is 59.7 Å². The number of hydrogen-bond donors (Lipinski definition) is 2. The van der Waals surface area contributed by atoms with Crippen molar-refractivity contribution in [1.82, 2.24) is 24.4 Å². The van der Waals surface area contributed by atoms with E-state index in [1.165, 1.54) is 23.0 Å². The van der Waals surface area contributed by atoms with E-state index in [1.54, 1.807) is 0 Å². The lowest BCUT2D eigenvalue weighted by Crippen LogP contribution is -2.39. The van der Waals surface area contributed by atoms with E-state index in [1.807, 2.05) is 12.1 Å². The summed E-state index contributed by atoms with van der Waals surface area (Å²) in [6.07, 6.45) is 4.39. The molecule has 10 nitrogen and oxygen atoms in total. The number of nitrogen functional groups attached to an aromatic ring is 1. The highest BCUT2D eigenvalue weighted by Gasteiger charge is 2.24. The number of rotatable bonds is 6. The highest BCUT2D eigenvalue weighted by molar-refractivity contribution is 9.10. The van der Waals surface area contributed by atoms with Crippen molar-refractivity contribution in [2.45, 2.75) is 42.3 Å². The predicted molar refractivity (Wildman–Crippen MR) is 126 cm³/mol. The summed E-state index contributed by atoms with van der Waals surface area (Å²) in [4.78, 5) is 27.0. The maximum Gasteiger partial charge on any atom is 0.407 e. The molecule has 174 valence electrons. The first-order valence-corrected chi connectivity index (χ1v) is 12.3. The first-order chi connectivity index (χ1) is 16.0. The second kappa shape index (κ2) is 9.26. The molecule has 2 aliphatic heterocycles. The number of halogens is 1. The Hall–Kier alpha value is -2.73. The molecule has 0 aliphatic carbocycles. The fourth-order valence-corrected chi connectivity index (χ4v) is 5.81. The first kappa shape index (κ1) is 22.1. The monoisotopic (exact) mass is 534 g/mol. The summed E-state index contributed by atoms with van der Waals surface area (Å²) in [7, 11) is 0. The van der Waals surface area contributed by atoms with Gasteiger partial charge in [0.2, 0.25) is 6.79 Å². The summed E-state index contributed by atoms with van der Waals surface area (Å²) < 4.78 is 13.9. The Balaban J connectivity index is 1.37. The van der Waals surface area contributed by atoms with Gasteiger partial charge in [-0.15, -0.1) is 0 Å². The van der Waals surface area contributed by atoms with Crippen LogP contribution < -0.4 is 15.2 Å². The number of ether oxygens (including phenoxy) is 2. The van der Waals surface area contributed by atoms with Crippen molar-refractivity contribution in [3.05, 3.63) is 22.9 Å². The zero-order valence-electron chi connectivity index (χ0n) is 17.7. The van der Waals surface area contributed by atoms with Gasteiger partial charge in [0.05, 0.1) is 0 Å². The third-order valence-corrected chi connectivity index (χ3v) is 7.91. The highest BCUT2D eigenvalue weighted by atomic mass is 79.9. The normalized spacial score (nSPS) is 17.6. The van der Waals surface area contributed by atoms with Gasteiger partial charge in [-0.1, -0.05) is 11.8 Å². The number of benzene rings is 1. The molecule has 2 aliphatic rings. The summed E-state index contributed by atoms with van der Waals surface area (Å²) >= 11 is 5.11. The summed E-state index contributed by atoms with van der Waals surface area (Å²) in [6.45, 7) is 2.13. The van der Waals surface area contributed by atoms with Crippen molar-refractivity contribution < 1.29 is 19.4 Å². The van der Waals surface area contributed by atoms with E-state index in [0.29, 0.717) is 54.0 Å². The van der Waals surface area contributed by atoms with Gasteiger partial charge >= 0.3 is 6.09 Å². The molecular weight excluding hydrogens is 512 g/mol. The molecule has 0 spiro atoms. The van der Waals surface area contributed by atoms with E-state index in [2.05, 4.69) is 30.5 Å². The zero-order valence-corrected chi connectivity index (χ0v) is 20.1. The van der Waals surface area contributed by atoms with E-state index in [4.69, 9.17) is 20.2 Å². The third-order valence-electron chi connectivity index (χ3n) is 5.94. The molecule has 5 rings (SSSR count). The number of nitrogens with two attached hydrogens (primary N) is 1. The van der Waals surface area contributed by atoms with Crippen molar-refractivity contribution >= 4 is 50.8 Å². The van der Waals surface area contributed by atoms with Crippen LogP contribution in [0.1, 0.15) is 25.7 Å². The predicted octanol–water partition coefficient (Wildman–Crippen LogP) is 4.22. The zero-order chi connectivity index (χ0) is 22.9. The number of aryl methyl sites for hydroxylation is 1. The number of nitrogens with zero attached hydrogens (tertiary/aromatic N) is 5. The Kier molecular flexibility index (Phi) is 6.19. The molecule has 1 amide bonds. The van der Waals surface area contributed by atoms with Crippen LogP contribution in [0.2, 0.25) is 0 Å². The van der Waals surface area contributed by atoms with E-state index in [9.17, 15) is 9.90 Å². The molecule has 3 aromatic rings. The number of likely N-dealkylation sites (tertiary alicyclic amines) is 1. The Morgan fingerprint density at radius 3 is 2.94 bits per heavy atom. The quantitative estimate of drug-likeness (QED) is 0.477. The van der Waals surface area contributed by atoms with Gasteiger partial charge in [-0.25, -0.2) is 19.7 Å². The van der Waals surface area contributed by atoms with E-state index >= 15 is 0 Å². The van der Waals surface area contributed by atoms with E-state index < -0.39 is 6.09 Å². The number of fused-ring (bicyclic) bond motifs is 2. The van der Waals surface area contributed by atoms with Crippen LogP contribution in [-0.4, -0.2) is 55.5 Å². The molecule has 2 aromatic heterocycles. The fraction of sp³-hybridized carbons (Fsp3) is 0.429. The summed E-state index contributed by atoms with van der Waals surface area (Å²) in [6, 6.07) is 3.82. The Labute approximate surface area is 202 Å². The van der Waals surface area contributed by atoms with Crippen LogP contribution in [-0.2, 0) is 6.54 Å². The number of carbonyl (C=O) groups is 1. The van der Waals surface area contributed by atoms with Crippen molar-refractivity contribution in [2.75, 3.05) is 25.6 Å². The maximum absolute atomic E-state index is 11.3. The van der Waals surface area contributed by atoms with Gasteiger partial charge in [-0.3, -0.25) is 0 Å². The van der Waals surface area contributed by atoms with E-state index in [0.717, 1.165) is 40.2 Å². The van der Waals surface area contributed by atoms with Crippen LogP contribution >= 0.6 is 27.7 Å². The number of carboxylic acid groups (broad SMARTS) is 1. The second-order valence-corrected chi connectivity index (χ2v) is 9.96. The minimum atomic E-state index is -0.833. The number of anilines is 1. The number of piperidine rings is 1. The standard InChI is InChI=1S/C21H23BrN6O4S/c22-13-7-14-15(32-11-31-14)8-16(13)33-20-26-17-18(23)24-10-25-19(17)28(20)6-2-4-12-3-1-5-27(9-12)21(29)30/h7-8,10,12H,1-6,9,11H2,(H,29,30)(H2,23,24,25). The van der Waals surface area contributed by atoms with Gasteiger partial charge in [0.25, 0.3) is 0 Å². The van der Waals surface area contributed by atoms with Gasteiger partial charge in [0.15, 0.2) is 33.6 Å². The van der Waals surface area contributed by atoms with Gasteiger partial charge in [0.1, 0.15) is 6.33 Å². The van der Waals surface area contributed by atoms with Crippen LogP contribution in [0.15, 0.2) is 33.0 Å². The summed E-state index contributed by atoms with van der Waals surface area (Å²) in [5, 5.41) is 10.1. The largest absolute Gasteiger partial charge is 0.465 e. The summed E-state index contributed by atoms with van der Waals surface area (Å²) in [5.41, 5.74) is 7.35. The molecule has 1 aromatic carbocycles. The molecule has 0 saturated carbocycles. The van der Waals surface area contributed by atoms with Crippen molar-refractivity contribution in [3.63, 3.8) is 0 Å². The molecule has 12 heteroatoms. The minimum Gasteiger partial charge on any atom is -0.465 e. The number of amides is 1. The Bertz CT molecular complexity index is 1210. The SMILES string of the molecule is Nc1ncnc2c1nc(Sc1cc3c(cc1Br)OCO3)n2CCCC1CCCN(C(=O)O)C1. The van der Waals surface area contributed by atoms with E-state index in [-0.39, 0.29) is 6.79 Å².